The molecular formula is ErMn3O12. The SMILES string of the molecule is [Er+3].[O]=[Mn](=[O])(=[O])[O-].[O]=[Mn](=[O])(=[O])[O-].[O]=[Mn](=[O])(=[O])[O-]. The van der Waals surface area contributed by atoms with Gasteiger partial charge in [0.25, 0.3) is 0 Å². The molecule has 16 heteroatoms. The first-order valence-corrected chi connectivity index (χ1v) is 7.63. The first-order chi connectivity index (χ1) is 6.00. The van der Waals surface area contributed by atoms with Crippen LogP contribution in [0.25, 0.3) is 0 Å². The van der Waals surface area contributed by atoms with Crippen molar-refractivity contribution in [3.63, 3.8) is 0 Å². The quantitative estimate of drug-likeness (QED) is 0.273. The van der Waals surface area contributed by atoms with Gasteiger partial charge in [0.15, 0.2) is 0 Å². The molecular weight excluding hydrogens is 524 g/mol. The second-order valence-corrected chi connectivity index (χ2v) is 4.68. The molecule has 12 nitrogen and oxygen atoms in total. The van der Waals surface area contributed by atoms with Gasteiger partial charge in [-0.25, -0.2) is 0 Å². The van der Waals surface area contributed by atoms with Crippen LogP contribution < -0.4 is 12.6 Å². The Kier molecular flexibility index (Phi) is 15.8. The van der Waals surface area contributed by atoms with Crippen LogP contribution in [0.3, 0.4) is 0 Å². The van der Waals surface area contributed by atoms with Gasteiger partial charge < -0.3 is 0 Å². The minimum atomic E-state index is -5.62. The van der Waals surface area contributed by atoms with E-state index in [1.54, 1.807) is 0 Å². The molecule has 0 N–H and O–H groups in total. The van der Waals surface area contributed by atoms with Gasteiger partial charge in [0.1, 0.15) is 0 Å². The normalized spacial score (nSPS) is 10.7. The van der Waals surface area contributed by atoms with E-state index in [0.29, 0.717) is 0 Å². The van der Waals surface area contributed by atoms with E-state index in [-0.39, 0.29) is 37.3 Å². The van der Waals surface area contributed by atoms with Crippen molar-refractivity contribution in [2.24, 2.45) is 0 Å². The summed E-state index contributed by atoms with van der Waals surface area (Å²) in [6, 6.07) is 0. The van der Waals surface area contributed by atoms with Gasteiger partial charge >= 0.3 is 123 Å². The van der Waals surface area contributed by atoms with E-state index in [9.17, 15) is 0 Å². The molecule has 0 aromatic carbocycles. The molecule has 105 valence electrons. The van der Waals surface area contributed by atoms with Gasteiger partial charge in [0.2, 0.25) is 0 Å². The van der Waals surface area contributed by atoms with Crippen LogP contribution in [0.1, 0.15) is 0 Å². The van der Waals surface area contributed by atoms with Crippen LogP contribution in [-0.2, 0) is 73.4 Å². The molecule has 0 unspecified atom stereocenters. The topological polar surface area (TPSA) is 223 Å². The Hall–Kier alpha value is 0.885. The minimum absolute atomic E-state index is 0. The second-order valence-electron chi connectivity index (χ2n) is 1.13. The first kappa shape index (κ1) is 25.7. The molecule has 0 aliphatic heterocycles. The van der Waals surface area contributed by atoms with E-state index in [0.717, 1.165) is 0 Å². The summed E-state index contributed by atoms with van der Waals surface area (Å²) >= 11 is -16.9. The Balaban J connectivity index is -0.0000000655. The van der Waals surface area contributed by atoms with Crippen molar-refractivity contribution in [3.8, 4) is 0 Å². The molecule has 0 rings (SSSR count). The Morgan fingerprint density at radius 2 is 0.438 bits per heavy atom. The summed E-state index contributed by atoms with van der Waals surface area (Å²) in [5.41, 5.74) is 0. The molecule has 16 heavy (non-hydrogen) atoms. The van der Waals surface area contributed by atoms with Crippen molar-refractivity contribution in [3.05, 3.63) is 0 Å². The number of rotatable bonds is 0. The van der Waals surface area contributed by atoms with Crippen LogP contribution in [0.15, 0.2) is 0 Å². The maximum atomic E-state index is 8.58. The van der Waals surface area contributed by atoms with E-state index in [4.69, 9.17) is 47.1 Å². The number of hydrogen-bond acceptors (Lipinski definition) is 12. The van der Waals surface area contributed by atoms with Crippen LogP contribution >= 0.6 is 0 Å². The van der Waals surface area contributed by atoms with Crippen LogP contribution in [-0.4, -0.2) is 0 Å². The summed E-state index contributed by atoms with van der Waals surface area (Å²) in [5, 5.41) is 0. The van der Waals surface area contributed by atoms with Crippen LogP contribution in [0.5, 0.6) is 0 Å². The van der Waals surface area contributed by atoms with Gasteiger partial charge in [-0.15, -0.1) is 0 Å². The Bertz CT molecular complexity index is 480. The molecule has 0 aliphatic rings. The summed E-state index contributed by atoms with van der Waals surface area (Å²) < 4.78 is 103. The third kappa shape index (κ3) is 3660. The standard InChI is InChI=1S/Er.3Mn.12O/q+3;;;;;;;;;;;;;3*-1. The third-order valence-electron chi connectivity index (χ3n) is 0. The molecule has 0 atom stereocenters. The zero-order valence-electron chi connectivity index (χ0n) is 6.32. The monoisotopic (exact) mass is 523 g/mol. The number of hydrogen-bond donors (Lipinski definition) is 0. The van der Waals surface area contributed by atoms with E-state index in [1.165, 1.54) is 0 Å². The molecule has 0 saturated carbocycles. The Morgan fingerprint density at radius 1 is 0.438 bits per heavy atom. The van der Waals surface area contributed by atoms with Crippen LogP contribution in [0.4, 0.5) is 0 Å². The molecule has 0 aromatic heterocycles. The molecule has 0 amide bonds. The van der Waals surface area contributed by atoms with Crippen molar-refractivity contribution in [1.82, 2.24) is 0 Å². The zero-order chi connectivity index (χ0) is 13.5. The van der Waals surface area contributed by atoms with Crippen molar-refractivity contribution < 1.29 is 123 Å². The molecule has 1 radical (unpaired) electrons. The van der Waals surface area contributed by atoms with Gasteiger partial charge in [0, 0.05) is 0 Å². The molecule has 0 spiro atoms. The maximum absolute atomic E-state index is 8.58. The van der Waals surface area contributed by atoms with E-state index < -0.39 is 38.9 Å². The molecule has 0 saturated heterocycles. The molecule has 0 heterocycles. The summed E-state index contributed by atoms with van der Waals surface area (Å²) in [6.45, 7) is 0. The molecule has 0 fully saturated rings. The van der Waals surface area contributed by atoms with Gasteiger partial charge in [-0.05, 0) is 0 Å². The fraction of sp³-hybridized carbons (Fsp3) is 0. The van der Waals surface area contributed by atoms with Crippen molar-refractivity contribution in [2.75, 3.05) is 0 Å². The first-order valence-electron chi connectivity index (χ1n) is 1.85. The molecule has 0 bridgehead atoms. The summed E-state index contributed by atoms with van der Waals surface area (Å²) in [5.74, 6) is 0. The van der Waals surface area contributed by atoms with Crippen molar-refractivity contribution >= 4 is 0 Å². The van der Waals surface area contributed by atoms with Crippen molar-refractivity contribution in [2.45, 2.75) is 0 Å². The Labute approximate surface area is 122 Å². The van der Waals surface area contributed by atoms with E-state index in [1.807, 2.05) is 0 Å². The predicted octanol–water partition coefficient (Wildman–Crippen LogP) is -4.64. The van der Waals surface area contributed by atoms with Crippen molar-refractivity contribution in [1.29, 1.82) is 0 Å². The van der Waals surface area contributed by atoms with Gasteiger partial charge in [-0.1, -0.05) is 0 Å². The van der Waals surface area contributed by atoms with Crippen LogP contribution in [0.2, 0.25) is 0 Å². The summed E-state index contributed by atoms with van der Waals surface area (Å²) in [6.07, 6.45) is 0. The summed E-state index contributed by atoms with van der Waals surface area (Å²) in [4.78, 5) is 0. The summed E-state index contributed by atoms with van der Waals surface area (Å²) in [7, 11) is 0. The molecule has 0 aliphatic carbocycles. The second kappa shape index (κ2) is 9.87. The third-order valence-corrected chi connectivity index (χ3v) is 0. The van der Waals surface area contributed by atoms with Gasteiger partial charge in [-0.3, -0.25) is 0 Å². The van der Waals surface area contributed by atoms with Gasteiger partial charge in [0.05, 0.1) is 0 Å². The van der Waals surface area contributed by atoms with Gasteiger partial charge in [-0.2, -0.15) is 0 Å². The van der Waals surface area contributed by atoms with E-state index >= 15 is 0 Å². The fourth-order valence-electron chi connectivity index (χ4n) is 0. The zero-order valence-corrected chi connectivity index (χ0v) is 11.7. The van der Waals surface area contributed by atoms with E-state index in [2.05, 4.69) is 0 Å². The Morgan fingerprint density at radius 3 is 0.438 bits per heavy atom. The predicted molar refractivity (Wildman–Crippen MR) is 6.18 cm³/mol. The average Bonchev–Trinajstić information content (AvgIpc) is 1.41. The molecule has 0 aromatic rings. The van der Waals surface area contributed by atoms with Crippen LogP contribution in [0, 0.1) is 37.3 Å². The fourth-order valence-corrected chi connectivity index (χ4v) is 0. The average molecular weight is 524 g/mol.